The topological polar surface area (TPSA) is 46.5 Å². The minimum Gasteiger partial charge on any atom is -0.507 e. The summed E-state index contributed by atoms with van der Waals surface area (Å²) in [7, 11) is 0. The first-order valence-electron chi connectivity index (χ1n) is 10.2. The van der Waals surface area contributed by atoms with E-state index in [1.165, 1.54) is 5.57 Å². The molecule has 0 spiro atoms. The molecule has 0 aliphatic carbocycles. The Hall–Kier alpha value is -1.61. The molecular formula is C24H38O3. The number of rotatable bonds is 11. The molecule has 0 aliphatic heterocycles. The second-order valence-electron chi connectivity index (χ2n) is 8.54. The number of hydrogen-bond donors (Lipinski definition) is 1. The van der Waals surface area contributed by atoms with Gasteiger partial charge in [0.05, 0.1) is 0 Å². The Morgan fingerprint density at radius 3 is 2.07 bits per heavy atom. The molecule has 0 heterocycles. The van der Waals surface area contributed by atoms with Crippen molar-refractivity contribution in [2.75, 3.05) is 13.2 Å². The maximum atomic E-state index is 12.6. The summed E-state index contributed by atoms with van der Waals surface area (Å²) < 4.78 is 5.65. The third-order valence-electron chi connectivity index (χ3n) is 4.94. The summed E-state index contributed by atoms with van der Waals surface area (Å²) in [5.74, 6) is 1.22. The Morgan fingerprint density at radius 1 is 1.04 bits per heavy atom. The number of allylic oxidation sites excluding steroid dienone is 2. The number of aromatic hydroxyl groups is 1. The average Bonchev–Trinajstić information content (AvgIpc) is 2.57. The highest BCUT2D eigenvalue weighted by Gasteiger charge is 2.18. The monoisotopic (exact) mass is 374 g/mol. The number of ether oxygens (including phenoxy) is 1. The molecule has 0 fully saturated rings. The molecule has 0 saturated heterocycles. The summed E-state index contributed by atoms with van der Waals surface area (Å²) in [6, 6.07) is 3.64. The van der Waals surface area contributed by atoms with Crippen LogP contribution in [0.25, 0.3) is 0 Å². The number of benzene rings is 1. The van der Waals surface area contributed by atoms with Crippen molar-refractivity contribution in [3.8, 4) is 5.75 Å². The Bertz CT molecular complexity index is 608. The maximum Gasteiger partial charge on any atom is 0.188 e. The fourth-order valence-electron chi connectivity index (χ4n) is 3.05. The number of hydrogen-bond acceptors (Lipinski definition) is 3. The van der Waals surface area contributed by atoms with Crippen molar-refractivity contribution >= 4 is 5.78 Å². The van der Waals surface area contributed by atoms with Crippen molar-refractivity contribution in [1.29, 1.82) is 0 Å². The average molecular weight is 375 g/mol. The fraction of sp³-hybridized carbons (Fsp3) is 0.625. The van der Waals surface area contributed by atoms with E-state index < -0.39 is 0 Å². The van der Waals surface area contributed by atoms with Crippen molar-refractivity contribution < 1.29 is 14.6 Å². The highest BCUT2D eigenvalue weighted by Crippen LogP contribution is 2.34. The van der Waals surface area contributed by atoms with Gasteiger partial charge in [-0.1, -0.05) is 46.3 Å². The molecule has 0 bridgehead atoms. The first kappa shape index (κ1) is 23.4. The molecule has 3 nitrogen and oxygen atoms in total. The summed E-state index contributed by atoms with van der Waals surface area (Å²) >= 11 is 0. The van der Waals surface area contributed by atoms with Crippen LogP contribution in [0.15, 0.2) is 23.8 Å². The Kier molecular flexibility index (Phi) is 9.79. The second kappa shape index (κ2) is 11.3. The van der Waals surface area contributed by atoms with E-state index >= 15 is 0 Å². The molecule has 1 rings (SSSR count). The molecule has 0 aliphatic rings. The van der Waals surface area contributed by atoms with E-state index in [4.69, 9.17) is 4.74 Å². The highest BCUT2D eigenvalue weighted by molar-refractivity contribution is 5.97. The number of carbonyl (C=O) groups excluding carboxylic acids is 1. The Balaban J connectivity index is 2.61. The normalized spacial score (nSPS) is 12.5. The van der Waals surface area contributed by atoms with Gasteiger partial charge in [-0.15, -0.1) is 0 Å². The minimum atomic E-state index is -0.0176. The van der Waals surface area contributed by atoms with Crippen molar-refractivity contribution in [3.05, 3.63) is 40.5 Å². The van der Waals surface area contributed by atoms with E-state index in [2.05, 4.69) is 26.8 Å². The van der Waals surface area contributed by atoms with Crippen LogP contribution in [0.1, 0.15) is 101 Å². The van der Waals surface area contributed by atoms with Crippen LogP contribution >= 0.6 is 0 Å². The van der Waals surface area contributed by atoms with Crippen LogP contribution in [0.3, 0.4) is 0 Å². The lowest BCUT2D eigenvalue weighted by molar-refractivity contribution is 0.0734. The van der Waals surface area contributed by atoms with Crippen LogP contribution < -0.4 is 0 Å². The lowest BCUT2D eigenvalue weighted by atomic mass is 9.90. The van der Waals surface area contributed by atoms with Gasteiger partial charge in [-0.2, -0.15) is 0 Å². The van der Waals surface area contributed by atoms with E-state index in [1.54, 1.807) is 0 Å². The van der Waals surface area contributed by atoms with Gasteiger partial charge >= 0.3 is 0 Å². The highest BCUT2D eigenvalue weighted by atomic mass is 16.5. The molecule has 1 aromatic rings. The molecule has 27 heavy (non-hydrogen) atoms. The van der Waals surface area contributed by atoms with Crippen LogP contribution in [0.2, 0.25) is 0 Å². The van der Waals surface area contributed by atoms with Crippen LogP contribution in [0, 0.1) is 5.92 Å². The molecular weight excluding hydrogens is 336 g/mol. The van der Waals surface area contributed by atoms with Gasteiger partial charge < -0.3 is 9.84 Å². The zero-order valence-corrected chi connectivity index (χ0v) is 18.3. The number of ketones is 1. The van der Waals surface area contributed by atoms with E-state index in [-0.39, 0.29) is 24.2 Å². The number of Topliss-reactive ketones (excluding diaryl/α,β-unsaturated/α-hetero) is 1. The summed E-state index contributed by atoms with van der Waals surface area (Å²) in [5, 5.41) is 10.5. The Morgan fingerprint density at radius 2 is 1.59 bits per heavy atom. The van der Waals surface area contributed by atoms with E-state index in [1.807, 2.05) is 39.8 Å². The van der Waals surface area contributed by atoms with Gasteiger partial charge in [0.2, 0.25) is 0 Å². The largest absolute Gasteiger partial charge is 0.507 e. The maximum absolute atomic E-state index is 12.6. The predicted octanol–water partition coefficient (Wildman–Crippen LogP) is 6.61. The smallest absolute Gasteiger partial charge is 0.188 e. The van der Waals surface area contributed by atoms with Crippen LogP contribution in [0.4, 0.5) is 0 Å². The zero-order chi connectivity index (χ0) is 20.6. The molecule has 0 amide bonds. The lowest BCUT2D eigenvalue weighted by Crippen LogP contribution is -2.12. The lowest BCUT2D eigenvalue weighted by Gasteiger charge is -2.17. The third kappa shape index (κ3) is 7.88. The van der Waals surface area contributed by atoms with E-state index in [0.29, 0.717) is 23.8 Å². The molecule has 3 heteroatoms. The number of carbonyl (C=O) groups is 1. The third-order valence-corrected chi connectivity index (χ3v) is 4.94. The van der Waals surface area contributed by atoms with Gasteiger partial charge in [0.25, 0.3) is 0 Å². The van der Waals surface area contributed by atoms with Gasteiger partial charge in [-0.3, -0.25) is 4.79 Å². The van der Waals surface area contributed by atoms with Crippen molar-refractivity contribution in [1.82, 2.24) is 0 Å². The van der Waals surface area contributed by atoms with Gasteiger partial charge in [-0.25, -0.2) is 0 Å². The molecule has 1 N–H and O–H groups in total. The summed E-state index contributed by atoms with van der Waals surface area (Å²) in [4.78, 5) is 12.6. The molecule has 1 unspecified atom stereocenters. The fourth-order valence-corrected chi connectivity index (χ4v) is 3.05. The van der Waals surface area contributed by atoms with Crippen molar-refractivity contribution in [2.24, 2.45) is 5.92 Å². The number of phenolic OH excluding ortho intramolecular Hbond substituents is 1. The van der Waals surface area contributed by atoms with Gasteiger partial charge in [-0.05, 0) is 74.1 Å². The zero-order valence-electron chi connectivity index (χ0n) is 18.3. The van der Waals surface area contributed by atoms with Crippen LogP contribution in [-0.4, -0.2) is 24.1 Å². The summed E-state index contributed by atoms with van der Waals surface area (Å²) in [6.45, 7) is 15.3. The summed E-state index contributed by atoms with van der Waals surface area (Å²) in [6.07, 6.45) is 5.49. The molecule has 1 aromatic carbocycles. The van der Waals surface area contributed by atoms with Crippen molar-refractivity contribution in [2.45, 2.75) is 79.6 Å². The minimum absolute atomic E-state index is 0.0176. The molecule has 152 valence electrons. The van der Waals surface area contributed by atoms with E-state index in [0.717, 1.165) is 30.4 Å². The standard InChI is InChI=1S/C24H38O3/c1-16(2)9-8-10-19(7)11-12-27-15-23(25)20-13-21(17(3)4)24(26)22(14-20)18(5)6/h9,13-14,17-19,26H,8,10-12,15H2,1-7H3. The number of phenols is 1. The van der Waals surface area contributed by atoms with Crippen LogP contribution in [0.5, 0.6) is 5.75 Å². The first-order valence-corrected chi connectivity index (χ1v) is 10.2. The first-order chi connectivity index (χ1) is 12.6. The van der Waals surface area contributed by atoms with Crippen molar-refractivity contribution in [3.63, 3.8) is 0 Å². The van der Waals surface area contributed by atoms with Gasteiger partial charge in [0, 0.05) is 12.2 Å². The second-order valence-corrected chi connectivity index (χ2v) is 8.54. The predicted molar refractivity (Wildman–Crippen MR) is 114 cm³/mol. The molecule has 0 saturated carbocycles. The summed E-state index contributed by atoms with van der Waals surface area (Å²) in [5.41, 5.74) is 3.66. The van der Waals surface area contributed by atoms with Gasteiger partial charge in [0.1, 0.15) is 12.4 Å². The van der Waals surface area contributed by atoms with Crippen LogP contribution in [-0.2, 0) is 4.74 Å². The molecule has 0 radical (unpaired) electrons. The van der Waals surface area contributed by atoms with E-state index in [9.17, 15) is 9.90 Å². The Labute approximate surface area is 165 Å². The SMILES string of the molecule is CC(C)=CCCC(C)CCOCC(=O)c1cc(C(C)C)c(O)c(C(C)C)c1. The van der Waals surface area contributed by atoms with Gasteiger partial charge in [0.15, 0.2) is 5.78 Å². The molecule has 0 aromatic heterocycles. The molecule has 1 atom stereocenters. The quantitative estimate of drug-likeness (QED) is 0.269.